The standard InChI is InChI=1S/C20H23ClN2O3/c21-16-7-5-15(6-8-16)18(24)9-10-20(25)22-14-17(19-4-3-13-26-19)23-11-1-2-12-23/h3-8,13,17H,1-2,9-12,14H2,(H,22,25). The highest BCUT2D eigenvalue weighted by Gasteiger charge is 2.25. The van der Waals surface area contributed by atoms with Gasteiger partial charge in [0.25, 0.3) is 0 Å². The Labute approximate surface area is 158 Å². The third-order valence-corrected chi connectivity index (χ3v) is 4.94. The molecule has 1 atom stereocenters. The van der Waals surface area contributed by atoms with Crippen LogP contribution in [0.1, 0.15) is 47.8 Å². The van der Waals surface area contributed by atoms with Crippen molar-refractivity contribution in [2.75, 3.05) is 19.6 Å². The first-order valence-electron chi connectivity index (χ1n) is 8.96. The molecule has 0 radical (unpaired) electrons. The van der Waals surface area contributed by atoms with Crippen molar-refractivity contribution in [2.24, 2.45) is 0 Å². The Morgan fingerprint density at radius 2 is 1.85 bits per heavy atom. The molecule has 5 nitrogen and oxygen atoms in total. The second-order valence-electron chi connectivity index (χ2n) is 6.51. The van der Waals surface area contributed by atoms with E-state index in [1.54, 1.807) is 30.5 Å². The van der Waals surface area contributed by atoms with Crippen molar-refractivity contribution in [3.05, 3.63) is 59.0 Å². The zero-order valence-corrected chi connectivity index (χ0v) is 15.4. The van der Waals surface area contributed by atoms with Gasteiger partial charge in [0, 0.05) is 30.0 Å². The molecule has 1 amide bonds. The molecular weight excluding hydrogens is 352 g/mol. The molecule has 1 fully saturated rings. The van der Waals surface area contributed by atoms with Crippen molar-refractivity contribution < 1.29 is 14.0 Å². The fraction of sp³-hybridized carbons (Fsp3) is 0.400. The number of rotatable bonds is 8. The Bertz CT molecular complexity index is 722. The molecule has 0 aliphatic carbocycles. The van der Waals surface area contributed by atoms with Crippen LogP contribution in [0.4, 0.5) is 0 Å². The summed E-state index contributed by atoms with van der Waals surface area (Å²) in [4.78, 5) is 26.7. The van der Waals surface area contributed by atoms with E-state index in [2.05, 4.69) is 10.2 Å². The first-order valence-corrected chi connectivity index (χ1v) is 9.34. The molecule has 1 unspecified atom stereocenters. The molecule has 6 heteroatoms. The summed E-state index contributed by atoms with van der Waals surface area (Å²) < 4.78 is 5.55. The van der Waals surface area contributed by atoms with Gasteiger partial charge in [-0.2, -0.15) is 0 Å². The maximum Gasteiger partial charge on any atom is 0.220 e. The molecule has 1 saturated heterocycles. The maximum atomic E-state index is 12.2. The highest BCUT2D eigenvalue weighted by Crippen LogP contribution is 2.24. The van der Waals surface area contributed by atoms with Crippen molar-refractivity contribution in [2.45, 2.75) is 31.7 Å². The lowest BCUT2D eigenvalue weighted by Crippen LogP contribution is -2.36. The fourth-order valence-corrected chi connectivity index (χ4v) is 3.38. The zero-order valence-electron chi connectivity index (χ0n) is 14.6. The Balaban J connectivity index is 1.49. The number of likely N-dealkylation sites (tertiary alicyclic amines) is 1. The summed E-state index contributed by atoms with van der Waals surface area (Å²) in [5, 5.41) is 3.54. The number of benzene rings is 1. The minimum Gasteiger partial charge on any atom is -0.468 e. The summed E-state index contributed by atoms with van der Waals surface area (Å²) >= 11 is 5.82. The molecule has 1 aliphatic heterocycles. The SMILES string of the molecule is O=C(CCC(=O)c1ccc(Cl)cc1)NCC(c1ccco1)N1CCCC1. The van der Waals surface area contributed by atoms with E-state index in [9.17, 15) is 9.59 Å². The van der Waals surface area contributed by atoms with E-state index >= 15 is 0 Å². The first kappa shape index (κ1) is 18.7. The first-order chi connectivity index (χ1) is 12.6. The summed E-state index contributed by atoms with van der Waals surface area (Å²) in [6.07, 6.45) is 4.35. The quantitative estimate of drug-likeness (QED) is 0.713. The van der Waals surface area contributed by atoms with Crippen molar-refractivity contribution in [3.63, 3.8) is 0 Å². The summed E-state index contributed by atoms with van der Waals surface area (Å²) in [5.74, 6) is 0.687. The van der Waals surface area contributed by atoms with Crippen LogP contribution in [-0.4, -0.2) is 36.2 Å². The molecule has 0 bridgehead atoms. The molecule has 0 saturated carbocycles. The van der Waals surface area contributed by atoms with Gasteiger partial charge >= 0.3 is 0 Å². The molecule has 26 heavy (non-hydrogen) atoms. The topological polar surface area (TPSA) is 62.6 Å². The van der Waals surface area contributed by atoms with Crippen LogP contribution >= 0.6 is 11.6 Å². The fourth-order valence-electron chi connectivity index (χ4n) is 3.25. The summed E-state index contributed by atoms with van der Waals surface area (Å²) in [7, 11) is 0. The van der Waals surface area contributed by atoms with Crippen LogP contribution < -0.4 is 5.32 Å². The second-order valence-corrected chi connectivity index (χ2v) is 6.94. The van der Waals surface area contributed by atoms with Gasteiger partial charge in [0.15, 0.2) is 5.78 Å². The molecule has 1 aliphatic rings. The van der Waals surface area contributed by atoms with Gasteiger partial charge in [-0.15, -0.1) is 0 Å². The van der Waals surface area contributed by atoms with Crippen LogP contribution in [0.2, 0.25) is 5.02 Å². The summed E-state index contributed by atoms with van der Waals surface area (Å²) in [5.41, 5.74) is 0.577. The number of amides is 1. The molecular formula is C20H23ClN2O3. The van der Waals surface area contributed by atoms with Gasteiger partial charge in [-0.05, 0) is 62.3 Å². The number of hydrogen-bond acceptors (Lipinski definition) is 4. The van der Waals surface area contributed by atoms with Crippen LogP contribution in [0.5, 0.6) is 0 Å². The van der Waals surface area contributed by atoms with Gasteiger partial charge in [-0.25, -0.2) is 0 Å². The van der Waals surface area contributed by atoms with Crippen LogP contribution in [0, 0.1) is 0 Å². The van der Waals surface area contributed by atoms with E-state index in [4.69, 9.17) is 16.0 Å². The van der Waals surface area contributed by atoms with E-state index in [-0.39, 0.29) is 30.6 Å². The predicted octanol–water partition coefficient (Wildman–Crippen LogP) is 3.85. The lowest BCUT2D eigenvalue weighted by molar-refractivity contribution is -0.121. The van der Waals surface area contributed by atoms with Gasteiger partial charge in [0.1, 0.15) is 5.76 Å². The lowest BCUT2D eigenvalue weighted by atomic mass is 10.1. The number of nitrogens with zero attached hydrogens (tertiary/aromatic N) is 1. The molecule has 1 N–H and O–H groups in total. The number of furan rings is 1. The van der Waals surface area contributed by atoms with Crippen LogP contribution in [0.15, 0.2) is 47.1 Å². The highest BCUT2D eigenvalue weighted by molar-refractivity contribution is 6.30. The lowest BCUT2D eigenvalue weighted by Gasteiger charge is -2.26. The van der Waals surface area contributed by atoms with Crippen molar-refractivity contribution in [1.29, 1.82) is 0 Å². The molecule has 2 aromatic rings. The van der Waals surface area contributed by atoms with Gasteiger partial charge in [0.2, 0.25) is 5.91 Å². The number of nitrogens with one attached hydrogen (secondary N) is 1. The molecule has 0 spiro atoms. The summed E-state index contributed by atoms with van der Waals surface area (Å²) in [6, 6.07) is 10.6. The summed E-state index contributed by atoms with van der Waals surface area (Å²) in [6.45, 7) is 2.51. The molecule has 3 rings (SSSR count). The van der Waals surface area contributed by atoms with E-state index in [1.807, 2.05) is 12.1 Å². The van der Waals surface area contributed by atoms with E-state index in [0.29, 0.717) is 17.1 Å². The third-order valence-electron chi connectivity index (χ3n) is 4.69. The second kappa shape index (κ2) is 9.01. The zero-order chi connectivity index (χ0) is 18.4. The Kier molecular flexibility index (Phi) is 6.47. The number of ketones is 1. The Hall–Kier alpha value is -2.11. The number of carbonyl (C=O) groups excluding carboxylic acids is 2. The van der Waals surface area contributed by atoms with Crippen LogP contribution in [0.25, 0.3) is 0 Å². The molecule has 1 aromatic heterocycles. The average molecular weight is 375 g/mol. The van der Waals surface area contributed by atoms with E-state index < -0.39 is 0 Å². The van der Waals surface area contributed by atoms with Gasteiger partial charge in [-0.1, -0.05) is 11.6 Å². The largest absolute Gasteiger partial charge is 0.468 e. The van der Waals surface area contributed by atoms with E-state index in [1.165, 1.54) is 12.8 Å². The molecule has 138 valence electrons. The van der Waals surface area contributed by atoms with Gasteiger partial charge in [0.05, 0.1) is 12.3 Å². The van der Waals surface area contributed by atoms with Crippen LogP contribution in [-0.2, 0) is 4.79 Å². The normalized spacial score (nSPS) is 15.7. The highest BCUT2D eigenvalue weighted by atomic mass is 35.5. The molecule has 2 heterocycles. The maximum absolute atomic E-state index is 12.2. The third kappa shape index (κ3) is 4.96. The Morgan fingerprint density at radius 1 is 1.12 bits per heavy atom. The number of halogens is 1. The smallest absolute Gasteiger partial charge is 0.220 e. The number of carbonyl (C=O) groups is 2. The van der Waals surface area contributed by atoms with Crippen LogP contribution in [0.3, 0.4) is 0 Å². The minimum absolute atomic E-state index is 0.0448. The molecule has 1 aromatic carbocycles. The minimum atomic E-state index is -0.122. The Morgan fingerprint density at radius 3 is 2.50 bits per heavy atom. The number of hydrogen-bond donors (Lipinski definition) is 1. The van der Waals surface area contributed by atoms with E-state index in [0.717, 1.165) is 18.8 Å². The number of Topliss-reactive ketones (excluding diaryl/α,β-unsaturated/α-hetero) is 1. The van der Waals surface area contributed by atoms with Gasteiger partial charge in [-0.3, -0.25) is 14.5 Å². The average Bonchev–Trinajstić information content (AvgIpc) is 3.35. The monoisotopic (exact) mass is 374 g/mol. The van der Waals surface area contributed by atoms with Crippen molar-refractivity contribution in [1.82, 2.24) is 10.2 Å². The predicted molar refractivity (Wildman–Crippen MR) is 100 cm³/mol. The van der Waals surface area contributed by atoms with Crippen molar-refractivity contribution >= 4 is 23.3 Å². The van der Waals surface area contributed by atoms with Gasteiger partial charge < -0.3 is 9.73 Å². The van der Waals surface area contributed by atoms with Crippen molar-refractivity contribution in [3.8, 4) is 0 Å².